The number of nitrogens with zero attached hydrogens (tertiary/aromatic N) is 1. The minimum Gasteiger partial charge on any atom is -0.480 e. The van der Waals surface area contributed by atoms with Gasteiger partial charge in [-0.25, -0.2) is 13.1 Å². The molecule has 0 spiro atoms. The Morgan fingerprint density at radius 3 is 2.62 bits per heavy atom. The number of rotatable bonds is 8. The number of aryl methyl sites for hydroxylation is 2. The van der Waals surface area contributed by atoms with Crippen molar-refractivity contribution in [2.24, 2.45) is 5.92 Å². The van der Waals surface area contributed by atoms with Gasteiger partial charge in [0.25, 0.3) is 0 Å². The van der Waals surface area contributed by atoms with Crippen molar-refractivity contribution in [2.45, 2.75) is 61.9 Å². The van der Waals surface area contributed by atoms with E-state index in [4.69, 9.17) is 5.11 Å². The molecule has 0 atom stereocenters. The van der Waals surface area contributed by atoms with Crippen LogP contribution in [0, 0.1) is 5.92 Å². The Morgan fingerprint density at radius 2 is 1.92 bits per heavy atom. The third-order valence-electron chi connectivity index (χ3n) is 5.86. The predicted octanol–water partition coefficient (Wildman–Crippen LogP) is 1.78. The highest BCUT2D eigenvalue weighted by atomic mass is 32.2. The van der Waals surface area contributed by atoms with Gasteiger partial charge >= 0.3 is 5.97 Å². The highest BCUT2D eigenvalue weighted by Crippen LogP contribution is 2.34. The summed E-state index contributed by atoms with van der Waals surface area (Å²) in [7, 11) is -3.51. The van der Waals surface area contributed by atoms with Gasteiger partial charge in [0, 0.05) is 18.6 Å². The Bertz CT molecular complexity index is 798. The Kier molecular flexibility index (Phi) is 4.79. The smallest absolute Gasteiger partial charge is 0.317 e. The molecule has 3 aliphatic rings. The molecule has 4 rings (SSSR count). The fraction of sp³-hybridized carbons (Fsp3) is 0.632. The summed E-state index contributed by atoms with van der Waals surface area (Å²) in [6.45, 7) is 0.868. The third kappa shape index (κ3) is 3.94. The molecule has 0 aromatic heterocycles. The van der Waals surface area contributed by atoms with Crippen LogP contribution in [-0.4, -0.2) is 49.6 Å². The van der Waals surface area contributed by atoms with E-state index >= 15 is 0 Å². The Morgan fingerprint density at radius 1 is 1.19 bits per heavy atom. The summed E-state index contributed by atoms with van der Waals surface area (Å²) in [5.74, 6) is -0.190. The van der Waals surface area contributed by atoms with Crippen LogP contribution in [0.4, 0.5) is 0 Å². The zero-order chi connectivity index (χ0) is 18.3. The maximum absolute atomic E-state index is 12.7. The summed E-state index contributed by atoms with van der Waals surface area (Å²) >= 11 is 0. The molecular formula is C19H26N2O4S. The van der Waals surface area contributed by atoms with Crippen molar-refractivity contribution in [3.8, 4) is 0 Å². The second-order valence-corrected chi connectivity index (χ2v) is 9.71. The minimum absolute atomic E-state index is 0.0471. The number of hydrogen-bond acceptors (Lipinski definition) is 4. The molecule has 3 aliphatic carbocycles. The highest BCUT2D eigenvalue weighted by Gasteiger charge is 2.39. The van der Waals surface area contributed by atoms with Gasteiger partial charge in [-0.15, -0.1) is 0 Å². The van der Waals surface area contributed by atoms with Crippen molar-refractivity contribution in [1.29, 1.82) is 0 Å². The van der Waals surface area contributed by atoms with Crippen LogP contribution in [0.25, 0.3) is 0 Å². The van der Waals surface area contributed by atoms with E-state index in [1.807, 2.05) is 17.0 Å². The summed E-state index contributed by atoms with van der Waals surface area (Å²) in [6, 6.07) is 5.51. The number of carboxylic acids is 1. The second-order valence-electron chi connectivity index (χ2n) is 7.99. The van der Waals surface area contributed by atoms with E-state index in [0.29, 0.717) is 23.7 Å². The van der Waals surface area contributed by atoms with Crippen LogP contribution in [0.15, 0.2) is 23.1 Å². The lowest BCUT2D eigenvalue weighted by Crippen LogP contribution is -2.55. The first kappa shape index (κ1) is 17.9. The van der Waals surface area contributed by atoms with Gasteiger partial charge in [0.15, 0.2) is 0 Å². The molecule has 142 valence electrons. The molecule has 1 aromatic carbocycles. The zero-order valence-electron chi connectivity index (χ0n) is 14.9. The van der Waals surface area contributed by atoms with Crippen LogP contribution in [0.5, 0.6) is 0 Å². The van der Waals surface area contributed by atoms with E-state index in [1.165, 1.54) is 18.4 Å². The normalized spacial score (nSPS) is 25.1. The van der Waals surface area contributed by atoms with Gasteiger partial charge in [-0.1, -0.05) is 6.07 Å². The van der Waals surface area contributed by atoms with Crippen LogP contribution in [0.2, 0.25) is 0 Å². The van der Waals surface area contributed by atoms with Crippen LogP contribution < -0.4 is 4.72 Å². The Hall–Kier alpha value is -1.44. The van der Waals surface area contributed by atoms with Gasteiger partial charge in [-0.2, -0.15) is 0 Å². The van der Waals surface area contributed by atoms with Gasteiger partial charge in [-0.05, 0) is 74.1 Å². The first-order valence-corrected chi connectivity index (χ1v) is 11.0. The molecule has 0 bridgehead atoms. The van der Waals surface area contributed by atoms with Crippen molar-refractivity contribution < 1.29 is 18.3 Å². The molecule has 0 unspecified atom stereocenters. The van der Waals surface area contributed by atoms with Crippen molar-refractivity contribution in [1.82, 2.24) is 9.62 Å². The average Bonchev–Trinajstić information content (AvgIpc) is 3.22. The molecule has 2 saturated carbocycles. The first-order chi connectivity index (χ1) is 12.4. The molecule has 1 aromatic rings. The number of nitrogens with one attached hydrogen (secondary N) is 1. The number of fused-ring (bicyclic) bond motifs is 1. The second kappa shape index (κ2) is 6.94. The number of sulfonamides is 1. The van der Waals surface area contributed by atoms with E-state index < -0.39 is 16.0 Å². The molecule has 0 radical (unpaired) electrons. The molecule has 0 saturated heterocycles. The van der Waals surface area contributed by atoms with Gasteiger partial charge in [-0.3, -0.25) is 9.69 Å². The summed E-state index contributed by atoms with van der Waals surface area (Å²) < 4.78 is 28.1. The van der Waals surface area contributed by atoms with Gasteiger partial charge < -0.3 is 5.11 Å². The van der Waals surface area contributed by atoms with Gasteiger partial charge in [0.1, 0.15) is 0 Å². The summed E-state index contributed by atoms with van der Waals surface area (Å²) in [6.07, 6.45) is 6.81. The number of hydrogen-bond donors (Lipinski definition) is 2. The predicted molar refractivity (Wildman–Crippen MR) is 97.5 cm³/mol. The number of carboxylic acid groups (broad SMARTS) is 1. The standard InChI is InChI=1S/C19H26N2O4S/c22-19(23)12-21(11-13-4-5-13)17-9-16(10-17)20-26(24,25)18-7-6-14-2-1-3-15(14)8-18/h6-8,13,16-17,20H,1-5,9-12H2,(H,22,23). The molecule has 6 nitrogen and oxygen atoms in total. The van der Waals surface area contributed by atoms with E-state index in [-0.39, 0.29) is 18.6 Å². The fourth-order valence-corrected chi connectivity index (χ4v) is 5.45. The average molecular weight is 378 g/mol. The maximum Gasteiger partial charge on any atom is 0.317 e. The van der Waals surface area contributed by atoms with Crippen molar-refractivity contribution in [3.63, 3.8) is 0 Å². The summed E-state index contributed by atoms with van der Waals surface area (Å²) in [5, 5.41) is 9.11. The molecule has 26 heavy (non-hydrogen) atoms. The van der Waals surface area contributed by atoms with E-state index in [9.17, 15) is 13.2 Å². The van der Waals surface area contributed by atoms with Crippen molar-refractivity contribution >= 4 is 16.0 Å². The van der Waals surface area contributed by atoms with Crippen molar-refractivity contribution in [3.05, 3.63) is 29.3 Å². The van der Waals surface area contributed by atoms with E-state index in [2.05, 4.69) is 4.72 Å². The minimum atomic E-state index is -3.51. The Balaban J connectivity index is 1.35. The van der Waals surface area contributed by atoms with Crippen LogP contribution in [0.3, 0.4) is 0 Å². The lowest BCUT2D eigenvalue weighted by Gasteiger charge is -2.42. The van der Waals surface area contributed by atoms with Gasteiger partial charge in [0.2, 0.25) is 10.0 Å². The summed E-state index contributed by atoms with van der Waals surface area (Å²) in [5.41, 5.74) is 2.41. The highest BCUT2D eigenvalue weighted by molar-refractivity contribution is 7.89. The van der Waals surface area contributed by atoms with Crippen LogP contribution in [0.1, 0.15) is 43.2 Å². The molecule has 2 N–H and O–H groups in total. The van der Waals surface area contributed by atoms with Gasteiger partial charge in [0.05, 0.1) is 11.4 Å². The molecule has 0 amide bonds. The quantitative estimate of drug-likeness (QED) is 0.720. The molecule has 0 heterocycles. The van der Waals surface area contributed by atoms with Crippen LogP contribution in [-0.2, 0) is 27.7 Å². The van der Waals surface area contributed by atoms with Crippen LogP contribution >= 0.6 is 0 Å². The summed E-state index contributed by atoms with van der Waals surface area (Å²) in [4.78, 5) is 13.5. The number of carbonyl (C=O) groups is 1. The molecular weight excluding hydrogens is 352 g/mol. The lowest BCUT2D eigenvalue weighted by atomic mass is 9.86. The van der Waals surface area contributed by atoms with E-state index in [1.54, 1.807) is 6.07 Å². The number of aliphatic carboxylic acids is 1. The van der Waals surface area contributed by atoms with E-state index in [0.717, 1.165) is 31.4 Å². The van der Waals surface area contributed by atoms with Crippen molar-refractivity contribution in [2.75, 3.05) is 13.1 Å². The molecule has 2 fully saturated rings. The SMILES string of the molecule is O=C(O)CN(CC1CC1)C1CC(NS(=O)(=O)c2ccc3c(c2)CCC3)C1. The largest absolute Gasteiger partial charge is 0.480 e. The number of benzene rings is 1. The zero-order valence-corrected chi connectivity index (χ0v) is 15.7. The third-order valence-corrected chi connectivity index (χ3v) is 7.38. The monoisotopic (exact) mass is 378 g/mol. The Labute approximate surface area is 154 Å². The molecule has 7 heteroatoms. The molecule has 0 aliphatic heterocycles. The first-order valence-electron chi connectivity index (χ1n) is 9.51. The maximum atomic E-state index is 12.7. The fourth-order valence-electron chi connectivity index (χ4n) is 4.13. The topological polar surface area (TPSA) is 86.7 Å². The lowest BCUT2D eigenvalue weighted by molar-refractivity contribution is -0.139.